The van der Waals surface area contributed by atoms with E-state index >= 15 is 0 Å². The van der Waals surface area contributed by atoms with Crippen molar-refractivity contribution in [3.8, 4) is 0 Å². The van der Waals surface area contributed by atoms with Crippen LogP contribution in [0, 0.1) is 0 Å². The van der Waals surface area contributed by atoms with E-state index in [-0.39, 0.29) is 19.4 Å². The van der Waals surface area contributed by atoms with Gasteiger partial charge >= 0.3 is 12.2 Å². The number of nitrogens with two attached hydrogens (primary N) is 1. The molecule has 0 radical (unpaired) electrons. The normalized spacial score (nSPS) is 23.5. The summed E-state index contributed by atoms with van der Waals surface area (Å²) in [6.45, 7) is 0.309. The van der Waals surface area contributed by atoms with Crippen molar-refractivity contribution >= 4 is 17.8 Å². The maximum absolute atomic E-state index is 12.7. The van der Waals surface area contributed by atoms with Crippen molar-refractivity contribution in [2.24, 2.45) is 5.84 Å². The number of carbonyl (C=O) groups is 3. The standard InChI is InChI=1S/C9H13F3N4O3/c1-8(9(10,11)12)6(18)16(7(19)14-8)4-2-3-5(17)15-13/h2-4,13H2,1H3,(H,14,19)(H,15,17). The second kappa shape index (κ2) is 5.03. The summed E-state index contributed by atoms with van der Waals surface area (Å²) in [5, 5.41) is 1.61. The fraction of sp³-hybridized carbons (Fsp3) is 0.667. The highest BCUT2D eigenvalue weighted by molar-refractivity contribution is 6.07. The van der Waals surface area contributed by atoms with E-state index < -0.39 is 29.6 Å². The maximum Gasteiger partial charge on any atom is 0.420 e. The van der Waals surface area contributed by atoms with Crippen LogP contribution in [0.25, 0.3) is 0 Å². The Hall–Kier alpha value is -1.84. The Kier molecular flexibility index (Phi) is 4.03. The highest BCUT2D eigenvalue weighted by Gasteiger charge is 2.64. The molecule has 0 bridgehead atoms. The molecule has 0 saturated carbocycles. The van der Waals surface area contributed by atoms with Crippen molar-refractivity contribution in [2.75, 3.05) is 6.54 Å². The summed E-state index contributed by atoms with van der Waals surface area (Å²) in [6.07, 6.45) is -4.96. The summed E-state index contributed by atoms with van der Waals surface area (Å²) >= 11 is 0. The fourth-order valence-corrected chi connectivity index (χ4v) is 1.56. The average Bonchev–Trinajstić information content (AvgIpc) is 2.52. The number of hydrazine groups is 1. The van der Waals surface area contributed by atoms with E-state index in [1.807, 2.05) is 5.43 Å². The number of hydrogen-bond acceptors (Lipinski definition) is 4. The number of carbonyl (C=O) groups excluding carboxylic acids is 3. The van der Waals surface area contributed by atoms with Gasteiger partial charge in [-0.05, 0) is 13.3 Å². The molecular weight excluding hydrogens is 269 g/mol. The van der Waals surface area contributed by atoms with E-state index in [0.717, 1.165) is 0 Å². The summed E-state index contributed by atoms with van der Waals surface area (Å²) in [7, 11) is 0. The van der Waals surface area contributed by atoms with Crippen molar-refractivity contribution in [3.63, 3.8) is 0 Å². The first-order valence-electron chi connectivity index (χ1n) is 5.33. The molecule has 1 rings (SSSR count). The smallest absolute Gasteiger partial charge is 0.316 e. The van der Waals surface area contributed by atoms with Gasteiger partial charge in [-0.3, -0.25) is 19.9 Å². The molecule has 1 fully saturated rings. The molecule has 1 heterocycles. The van der Waals surface area contributed by atoms with Gasteiger partial charge in [0.05, 0.1) is 0 Å². The minimum absolute atomic E-state index is 0.0239. The van der Waals surface area contributed by atoms with Crippen LogP contribution in [0.15, 0.2) is 0 Å². The highest BCUT2D eigenvalue weighted by Crippen LogP contribution is 2.35. The van der Waals surface area contributed by atoms with Gasteiger partial charge < -0.3 is 5.32 Å². The molecule has 0 aliphatic carbocycles. The van der Waals surface area contributed by atoms with Crippen LogP contribution in [-0.4, -0.2) is 41.0 Å². The van der Waals surface area contributed by atoms with E-state index in [1.165, 1.54) is 0 Å². The molecule has 1 saturated heterocycles. The second-order valence-electron chi connectivity index (χ2n) is 4.18. The van der Waals surface area contributed by atoms with Crippen molar-refractivity contribution in [2.45, 2.75) is 31.5 Å². The zero-order chi connectivity index (χ0) is 14.8. The first kappa shape index (κ1) is 15.2. The van der Waals surface area contributed by atoms with Crippen LogP contribution < -0.4 is 16.6 Å². The summed E-state index contributed by atoms with van der Waals surface area (Å²) in [5.41, 5.74) is -1.09. The third-order valence-electron chi connectivity index (χ3n) is 2.79. The van der Waals surface area contributed by atoms with Crippen LogP contribution >= 0.6 is 0 Å². The lowest BCUT2D eigenvalue weighted by Crippen LogP contribution is -2.56. The molecule has 0 spiro atoms. The number of nitrogens with zero attached hydrogens (tertiary/aromatic N) is 1. The first-order chi connectivity index (χ1) is 8.63. The lowest BCUT2D eigenvalue weighted by molar-refractivity contribution is -0.191. The van der Waals surface area contributed by atoms with E-state index in [9.17, 15) is 27.6 Å². The van der Waals surface area contributed by atoms with Gasteiger partial charge in [0, 0.05) is 13.0 Å². The number of imide groups is 1. The number of urea groups is 1. The Bertz CT molecular complexity index is 412. The van der Waals surface area contributed by atoms with Crippen LogP contribution in [-0.2, 0) is 9.59 Å². The number of amides is 4. The van der Waals surface area contributed by atoms with Gasteiger partial charge in [-0.25, -0.2) is 10.6 Å². The molecule has 7 nitrogen and oxygen atoms in total. The van der Waals surface area contributed by atoms with Crippen molar-refractivity contribution in [1.29, 1.82) is 0 Å². The molecule has 1 aliphatic rings. The van der Waals surface area contributed by atoms with E-state index in [1.54, 1.807) is 5.32 Å². The lowest BCUT2D eigenvalue weighted by atomic mass is 10.0. The molecule has 108 valence electrons. The third kappa shape index (κ3) is 2.78. The topological polar surface area (TPSA) is 105 Å². The van der Waals surface area contributed by atoms with Gasteiger partial charge in [-0.2, -0.15) is 13.2 Å². The molecule has 0 aromatic heterocycles. The molecular formula is C9H13F3N4O3. The maximum atomic E-state index is 12.7. The molecule has 10 heteroatoms. The molecule has 1 unspecified atom stereocenters. The summed E-state index contributed by atoms with van der Waals surface area (Å²) in [6, 6.07) is -1.13. The van der Waals surface area contributed by atoms with Crippen LogP contribution in [0.2, 0.25) is 0 Å². The van der Waals surface area contributed by atoms with Crippen molar-refractivity contribution in [1.82, 2.24) is 15.6 Å². The number of alkyl halides is 3. The van der Waals surface area contributed by atoms with Crippen molar-refractivity contribution < 1.29 is 27.6 Å². The SMILES string of the molecule is CC1(C(F)(F)F)NC(=O)N(CCCC(=O)NN)C1=O. The number of hydrogen-bond donors (Lipinski definition) is 3. The first-order valence-corrected chi connectivity index (χ1v) is 5.33. The minimum Gasteiger partial charge on any atom is -0.316 e. The zero-order valence-electron chi connectivity index (χ0n) is 10.0. The quantitative estimate of drug-likeness (QED) is 0.283. The average molecular weight is 282 g/mol. The summed E-state index contributed by atoms with van der Waals surface area (Å²) < 4.78 is 38.1. The van der Waals surface area contributed by atoms with Crippen LogP contribution in [0.1, 0.15) is 19.8 Å². The lowest BCUT2D eigenvalue weighted by Gasteiger charge is -2.24. The molecule has 0 aromatic carbocycles. The predicted molar refractivity (Wildman–Crippen MR) is 56.3 cm³/mol. The zero-order valence-corrected chi connectivity index (χ0v) is 10.0. The van der Waals surface area contributed by atoms with Gasteiger partial charge in [0.15, 0.2) is 0 Å². The third-order valence-corrected chi connectivity index (χ3v) is 2.79. The molecule has 4 amide bonds. The predicted octanol–water partition coefficient (Wildman–Crippen LogP) is -0.371. The second-order valence-corrected chi connectivity index (χ2v) is 4.18. The Morgan fingerprint density at radius 1 is 1.47 bits per heavy atom. The molecule has 0 aromatic rings. The van der Waals surface area contributed by atoms with E-state index in [0.29, 0.717) is 11.8 Å². The van der Waals surface area contributed by atoms with Gasteiger partial charge in [0.25, 0.3) is 5.91 Å². The Labute approximate surface area is 106 Å². The van der Waals surface area contributed by atoms with Gasteiger partial charge in [0.2, 0.25) is 11.4 Å². The molecule has 4 N–H and O–H groups in total. The van der Waals surface area contributed by atoms with Crippen LogP contribution in [0.5, 0.6) is 0 Å². The largest absolute Gasteiger partial charge is 0.420 e. The Morgan fingerprint density at radius 2 is 2.05 bits per heavy atom. The summed E-state index contributed by atoms with van der Waals surface area (Å²) in [4.78, 5) is 34.2. The molecule has 19 heavy (non-hydrogen) atoms. The fourth-order valence-electron chi connectivity index (χ4n) is 1.56. The van der Waals surface area contributed by atoms with Crippen molar-refractivity contribution in [3.05, 3.63) is 0 Å². The van der Waals surface area contributed by atoms with Crippen LogP contribution in [0.3, 0.4) is 0 Å². The van der Waals surface area contributed by atoms with Gasteiger partial charge in [-0.15, -0.1) is 0 Å². The highest BCUT2D eigenvalue weighted by atomic mass is 19.4. The monoisotopic (exact) mass is 282 g/mol. The van der Waals surface area contributed by atoms with Gasteiger partial charge in [0.1, 0.15) is 0 Å². The van der Waals surface area contributed by atoms with Crippen LogP contribution in [0.4, 0.5) is 18.0 Å². The number of halogens is 3. The Balaban J connectivity index is 2.70. The molecule has 1 atom stereocenters. The number of rotatable bonds is 4. The minimum atomic E-state index is -4.89. The summed E-state index contributed by atoms with van der Waals surface area (Å²) in [5.74, 6) is 2.90. The van der Waals surface area contributed by atoms with E-state index in [4.69, 9.17) is 5.84 Å². The number of nitrogens with one attached hydrogen (secondary N) is 2. The Morgan fingerprint density at radius 3 is 2.47 bits per heavy atom. The van der Waals surface area contributed by atoms with Gasteiger partial charge in [-0.1, -0.05) is 0 Å². The van der Waals surface area contributed by atoms with E-state index in [2.05, 4.69) is 0 Å². The molecule has 1 aliphatic heterocycles.